The van der Waals surface area contributed by atoms with Gasteiger partial charge in [-0.2, -0.15) is 13.2 Å². The van der Waals surface area contributed by atoms with Gasteiger partial charge in [-0.25, -0.2) is 13.4 Å². The highest BCUT2D eigenvalue weighted by atomic mass is 32.2. The second-order valence-corrected chi connectivity index (χ2v) is 19.0. The predicted octanol–water partition coefficient (Wildman–Crippen LogP) is 4.85. The number of halogens is 3. The fourth-order valence-corrected chi connectivity index (χ4v) is 10.1. The Kier molecular flexibility index (Phi) is 12.9. The summed E-state index contributed by atoms with van der Waals surface area (Å²) >= 11 is 1.21. The molecule has 7 rings (SSSR count). The van der Waals surface area contributed by atoms with Crippen molar-refractivity contribution in [2.45, 2.75) is 106 Å². The summed E-state index contributed by atoms with van der Waals surface area (Å²) in [5.74, 6) is -3.12. The number of methoxy groups -OCH3 is 2. The highest BCUT2D eigenvalue weighted by molar-refractivity contribution is 7.91. The number of benzene rings is 1. The van der Waals surface area contributed by atoms with Gasteiger partial charge in [0.05, 0.1) is 35.9 Å². The molecule has 5 atom stereocenters. The largest absolute Gasteiger partial charge is 0.496 e. The number of nitrogens with one attached hydrogen (secondary N) is 3. The van der Waals surface area contributed by atoms with Crippen molar-refractivity contribution < 1.29 is 59.7 Å². The molecule has 4 amide bonds. The zero-order valence-electron chi connectivity index (χ0n) is 33.8. The molecule has 0 unspecified atom stereocenters. The van der Waals surface area contributed by atoms with Crippen LogP contribution in [0.5, 0.6) is 17.4 Å². The van der Waals surface area contributed by atoms with Crippen LogP contribution in [0.1, 0.15) is 77.9 Å². The van der Waals surface area contributed by atoms with Crippen molar-refractivity contribution >= 4 is 55.9 Å². The van der Waals surface area contributed by atoms with Crippen molar-refractivity contribution in [3.63, 3.8) is 0 Å². The summed E-state index contributed by atoms with van der Waals surface area (Å²) in [4.78, 5) is 63.5. The summed E-state index contributed by atoms with van der Waals surface area (Å²) in [7, 11) is -1.00. The van der Waals surface area contributed by atoms with Crippen molar-refractivity contribution in [1.29, 1.82) is 0 Å². The molecule has 0 spiro atoms. The van der Waals surface area contributed by atoms with E-state index in [0.29, 0.717) is 60.3 Å². The van der Waals surface area contributed by atoms with Crippen molar-refractivity contribution in [1.82, 2.24) is 25.2 Å². The number of thiophene rings is 1. The number of aryl methyl sites for hydroxylation is 1. The van der Waals surface area contributed by atoms with Crippen LogP contribution in [0.25, 0.3) is 10.9 Å². The van der Waals surface area contributed by atoms with Crippen LogP contribution in [0.4, 0.5) is 13.2 Å². The van der Waals surface area contributed by atoms with E-state index in [-0.39, 0.29) is 43.0 Å². The number of fused-ring (bicyclic) bond motifs is 3. The van der Waals surface area contributed by atoms with Gasteiger partial charge in [0.2, 0.25) is 27.7 Å². The topological polar surface area (TPSA) is 192 Å². The van der Waals surface area contributed by atoms with E-state index in [1.807, 2.05) is 6.08 Å². The van der Waals surface area contributed by atoms with Gasteiger partial charge in [0.15, 0.2) is 6.61 Å². The number of sulfonamides is 1. The first-order valence-electron chi connectivity index (χ1n) is 20.1. The van der Waals surface area contributed by atoms with Crippen LogP contribution in [0, 0.1) is 12.8 Å². The summed E-state index contributed by atoms with van der Waals surface area (Å²) < 4.78 is 89.9. The van der Waals surface area contributed by atoms with E-state index in [4.69, 9.17) is 18.9 Å². The van der Waals surface area contributed by atoms with Gasteiger partial charge in [0.1, 0.15) is 35.2 Å². The molecule has 1 saturated heterocycles. The standard InChI is InChI=1S/C41H48F3N5O10S2/c1-23-31(57-3)15-14-28-32(18-34(46-35(23)28)58-22-41(42,43)44)59-25-17-30-36(50)47-40(39(53)48-61(54,55)27-12-13-27)19-24(40)9-7-5-4-6-8-10-29(38(52)49(30)20-25)45-37(51)33-16-11-26(60-33)21-56-2/h7,9,11,14-16,18,24-25,27,29-30H,4-6,8,10,12-13,17,19-22H2,1-3H3,(H,45,51)(H,47,50)(H,48,53)/b9-7-/t24-,25-,29+,30+,40-/m1/s1. The molecule has 2 aromatic heterocycles. The SMILES string of the molecule is COCc1ccc(C(=O)N[C@H]2CCCCC/C=C\[C@@H]3C[C@@]3(C(=O)NS(=O)(=O)C3CC3)NC(=O)[C@@H]3C[C@@H](Oc4cc(OCC(F)(F)F)nc5c(C)c(OC)ccc45)CN3C2=O)s1. The average molecular weight is 892 g/mol. The minimum Gasteiger partial charge on any atom is -0.496 e. The van der Waals surface area contributed by atoms with E-state index >= 15 is 0 Å². The van der Waals surface area contributed by atoms with E-state index in [1.165, 1.54) is 36.5 Å². The Morgan fingerprint density at radius 2 is 1.85 bits per heavy atom. The number of ether oxygens (including phenoxy) is 4. The molecule has 3 fully saturated rings. The minimum atomic E-state index is -4.67. The second kappa shape index (κ2) is 17.8. The minimum absolute atomic E-state index is 0.0662. The number of allylic oxidation sites excluding steroid dienone is 1. The number of carbonyl (C=O) groups is 4. The number of hydrogen-bond donors (Lipinski definition) is 3. The zero-order valence-corrected chi connectivity index (χ0v) is 35.5. The van der Waals surface area contributed by atoms with E-state index in [0.717, 1.165) is 11.3 Å². The molecule has 3 aromatic rings. The van der Waals surface area contributed by atoms with Gasteiger partial charge in [0.25, 0.3) is 11.8 Å². The Hall–Kier alpha value is -4.95. The number of pyridine rings is 1. The van der Waals surface area contributed by atoms with Crippen molar-refractivity contribution in [2.24, 2.45) is 5.92 Å². The third-order valence-electron chi connectivity index (χ3n) is 11.3. The van der Waals surface area contributed by atoms with Gasteiger partial charge in [-0.3, -0.25) is 23.9 Å². The van der Waals surface area contributed by atoms with Crippen LogP contribution in [-0.2, 0) is 35.8 Å². The second-order valence-electron chi connectivity index (χ2n) is 15.9. The molecule has 61 heavy (non-hydrogen) atoms. The normalized spacial score (nSPS) is 25.3. The molecule has 2 aliphatic heterocycles. The molecule has 3 N–H and O–H groups in total. The number of nitrogens with zero attached hydrogens (tertiary/aromatic N) is 2. The Morgan fingerprint density at radius 3 is 2.57 bits per heavy atom. The molecule has 2 aliphatic carbocycles. The number of aromatic nitrogens is 1. The Labute approximate surface area is 354 Å². The van der Waals surface area contributed by atoms with Crippen LogP contribution >= 0.6 is 11.3 Å². The summed E-state index contributed by atoms with van der Waals surface area (Å²) in [5, 5.41) is 5.40. The molecule has 2 saturated carbocycles. The maximum absolute atomic E-state index is 14.8. The molecule has 1 aromatic carbocycles. The van der Waals surface area contributed by atoms with Crippen LogP contribution < -0.4 is 29.6 Å². The smallest absolute Gasteiger partial charge is 0.422 e. The van der Waals surface area contributed by atoms with Crippen LogP contribution in [0.3, 0.4) is 0 Å². The number of hydrogen-bond acceptors (Lipinski definition) is 12. The van der Waals surface area contributed by atoms with Crippen molar-refractivity contribution in [3.05, 3.63) is 57.8 Å². The number of rotatable bonds is 12. The van der Waals surface area contributed by atoms with Crippen molar-refractivity contribution in [3.8, 4) is 17.4 Å². The fourth-order valence-electron chi connectivity index (χ4n) is 7.88. The highest BCUT2D eigenvalue weighted by Crippen LogP contribution is 2.46. The van der Waals surface area contributed by atoms with Gasteiger partial charge in [-0.1, -0.05) is 25.0 Å². The molecular formula is C41H48F3N5O10S2. The molecule has 20 heteroatoms. The predicted molar refractivity (Wildman–Crippen MR) is 217 cm³/mol. The first-order valence-corrected chi connectivity index (χ1v) is 22.5. The molecule has 15 nitrogen and oxygen atoms in total. The van der Waals surface area contributed by atoms with E-state index < -0.39 is 81.3 Å². The number of amides is 4. The molecule has 4 aliphatic rings. The number of alkyl halides is 3. The Bertz CT molecular complexity index is 2320. The molecular weight excluding hydrogens is 844 g/mol. The Morgan fingerprint density at radius 1 is 1.07 bits per heavy atom. The van der Waals surface area contributed by atoms with Crippen molar-refractivity contribution in [2.75, 3.05) is 27.4 Å². The lowest BCUT2D eigenvalue weighted by Crippen LogP contribution is -2.58. The van der Waals surface area contributed by atoms with Gasteiger partial charge >= 0.3 is 6.18 Å². The molecule has 330 valence electrons. The third-order valence-corrected chi connectivity index (χ3v) is 14.2. The van der Waals surface area contributed by atoms with Gasteiger partial charge in [0, 0.05) is 41.3 Å². The van der Waals surface area contributed by atoms with Gasteiger partial charge in [-0.05, 0) is 69.7 Å². The maximum Gasteiger partial charge on any atom is 0.422 e. The van der Waals surface area contributed by atoms with Crippen LogP contribution in [-0.4, -0.2) is 104 Å². The number of carbonyl (C=O) groups excluding carboxylic acids is 4. The van der Waals surface area contributed by atoms with Crippen LogP contribution in [0.2, 0.25) is 0 Å². The Balaban J connectivity index is 1.23. The van der Waals surface area contributed by atoms with E-state index in [1.54, 1.807) is 37.3 Å². The summed E-state index contributed by atoms with van der Waals surface area (Å²) in [6.45, 7) is 0.147. The van der Waals surface area contributed by atoms with E-state index in [2.05, 4.69) is 20.3 Å². The monoisotopic (exact) mass is 891 g/mol. The first kappa shape index (κ1) is 44.1. The summed E-state index contributed by atoms with van der Waals surface area (Å²) in [5.41, 5.74) is -0.879. The van der Waals surface area contributed by atoms with Gasteiger partial charge < -0.3 is 34.5 Å². The molecule has 0 bridgehead atoms. The lowest BCUT2D eigenvalue weighted by molar-refractivity contribution is -0.154. The lowest BCUT2D eigenvalue weighted by atomic mass is 10.0. The zero-order chi connectivity index (χ0) is 43.7. The molecule has 0 radical (unpaired) electrons. The summed E-state index contributed by atoms with van der Waals surface area (Å²) in [6, 6.07) is 5.51. The quantitative estimate of drug-likeness (QED) is 0.211. The maximum atomic E-state index is 14.8. The molecule has 4 heterocycles. The van der Waals surface area contributed by atoms with Gasteiger partial charge in [-0.15, -0.1) is 11.3 Å². The highest BCUT2D eigenvalue weighted by Gasteiger charge is 2.62. The summed E-state index contributed by atoms with van der Waals surface area (Å²) in [6.07, 6.45) is 1.77. The van der Waals surface area contributed by atoms with Crippen LogP contribution in [0.15, 0.2) is 42.5 Å². The first-order chi connectivity index (χ1) is 29.0. The lowest BCUT2D eigenvalue weighted by Gasteiger charge is -2.30. The average Bonchev–Trinajstić information content (AvgIpc) is 4.09. The third kappa shape index (κ3) is 10.1. The van der Waals surface area contributed by atoms with E-state index in [9.17, 15) is 40.8 Å². The fraction of sp³-hybridized carbons (Fsp3) is 0.537.